The normalized spacial score (nSPS) is 12.7. The van der Waals surface area contributed by atoms with E-state index in [-0.39, 0.29) is 17.9 Å². The number of halogens is 1. The van der Waals surface area contributed by atoms with Crippen LogP contribution in [-0.4, -0.2) is 35.4 Å². The molecule has 0 aliphatic rings. The zero-order chi connectivity index (χ0) is 22.8. The van der Waals surface area contributed by atoms with Gasteiger partial charge in [-0.3, -0.25) is 9.59 Å². The highest BCUT2D eigenvalue weighted by molar-refractivity contribution is 6.30. The van der Waals surface area contributed by atoms with Gasteiger partial charge in [0.25, 0.3) is 0 Å². The van der Waals surface area contributed by atoms with Crippen molar-refractivity contribution in [1.82, 2.24) is 10.2 Å². The third-order valence-corrected chi connectivity index (χ3v) is 5.64. The molecule has 0 unspecified atom stereocenters. The molecule has 0 aliphatic carbocycles. The van der Waals surface area contributed by atoms with Crippen LogP contribution in [0.4, 0.5) is 0 Å². The Bertz CT molecular complexity index is 854. The molecule has 0 aromatic heterocycles. The average Bonchev–Trinajstić information content (AvgIpc) is 2.76. The lowest BCUT2D eigenvalue weighted by molar-refractivity contribution is -0.141. The molecule has 2 rings (SSSR count). The third kappa shape index (κ3) is 7.91. The maximum Gasteiger partial charge on any atom is 0.242 e. The van der Waals surface area contributed by atoms with Crippen LogP contribution >= 0.6 is 11.6 Å². The fourth-order valence-electron chi connectivity index (χ4n) is 3.11. The quantitative estimate of drug-likeness (QED) is 0.488. The van der Waals surface area contributed by atoms with Gasteiger partial charge >= 0.3 is 0 Å². The summed E-state index contributed by atoms with van der Waals surface area (Å²) in [6.45, 7) is 8.61. The highest BCUT2D eigenvalue weighted by Crippen LogP contribution is 2.17. The number of hydrogen-bond donors (Lipinski definition) is 1. The number of rotatable bonds is 11. The standard InChI is InChI=1S/C25H33ClN2O3/c1-5-19(3)27-25(30)20(4)28(17-21-10-7-6-9-18(21)2)24(29)11-8-16-31-23-14-12-22(26)13-15-23/h6-7,9-10,12-15,19-20H,5,8,11,16-17H2,1-4H3,(H,27,30)/t19-,20+/m0/s1. The summed E-state index contributed by atoms with van der Waals surface area (Å²) in [5.74, 6) is 0.526. The molecule has 0 heterocycles. The van der Waals surface area contributed by atoms with Crippen LogP contribution in [0.3, 0.4) is 0 Å². The Balaban J connectivity index is 2.01. The summed E-state index contributed by atoms with van der Waals surface area (Å²) in [5.41, 5.74) is 2.14. The molecule has 0 aliphatic heterocycles. The molecule has 0 saturated heterocycles. The number of amides is 2. The molecule has 6 heteroatoms. The van der Waals surface area contributed by atoms with E-state index < -0.39 is 6.04 Å². The Hall–Kier alpha value is -2.53. The molecule has 0 spiro atoms. The topological polar surface area (TPSA) is 58.6 Å². The fourth-order valence-corrected chi connectivity index (χ4v) is 3.23. The molecule has 2 aromatic carbocycles. The number of carbonyl (C=O) groups excluding carboxylic acids is 2. The molecule has 31 heavy (non-hydrogen) atoms. The molecule has 0 bridgehead atoms. The number of carbonyl (C=O) groups is 2. The molecule has 0 radical (unpaired) electrons. The first kappa shape index (κ1) is 24.7. The molecule has 2 aromatic rings. The second-order valence-corrected chi connectivity index (χ2v) is 8.28. The van der Waals surface area contributed by atoms with Crippen molar-refractivity contribution in [2.45, 2.75) is 65.6 Å². The van der Waals surface area contributed by atoms with Gasteiger partial charge in [0, 0.05) is 24.0 Å². The Kier molecular flexibility index (Phi) is 9.86. The summed E-state index contributed by atoms with van der Waals surface area (Å²) >= 11 is 5.88. The van der Waals surface area contributed by atoms with Crippen molar-refractivity contribution in [3.8, 4) is 5.75 Å². The molecular weight excluding hydrogens is 412 g/mol. The molecule has 0 fully saturated rings. The van der Waals surface area contributed by atoms with Gasteiger partial charge in [0.05, 0.1) is 6.61 Å². The number of hydrogen-bond acceptors (Lipinski definition) is 3. The first-order chi connectivity index (χ1) is 14.8. The Labute approximate surface area is 190 Å². The van der Waals surface area contributed by atoms with Gasteiger partial charge in [0.1, 0.15) is 11.8 Å². The second kappa shape index (κ2) is 12.4. The fraction of sp³-hybridized carbons (Fsp3) is 0.440. The van der Waals surface area contributed by atoms with Crippen LogP contribution in [0.15, 0.2) is 48.5 Å². The van der Waals surface area contributed by atoms with Crippen LogP contribution in [-0.2, 0) is 16.1 Å². The van der Waals surface area contributed by atoms with Crippen molar-refractivity contribution >= 4 is 23.4 Å². The predicted molar refractivity (Wildman–Crippen MR) is 125 cm³/mol. The third-order valence-electron chi connectivity index (χ3n) is 5.39. The molecule has 0 saturated carbocycles. The number of nitrogens with one attached hydrogen (secondary N) is 1. The van der Waals surface area contributed by atoms with Crippen LogP contribution in [0.2, 0.25) is 5.02 Å². The summed E-state index contributed by atoms with van der Waals surface area (Å²) in [6, 6.07) is 14.6. The van der Waals surface area contributed by atoms with Gasteiger partial charge in [-0.25, -0.2) is 0 Å². The van der Waals surface area contributed by atoms with Crippen LogP contribution in [0.1, 0.15) is 51.2 Å². The number of benzene rings is 2. The molecule has 2 amide bonds. The molecular formula is C25H33ClN2O3. The Morgan fingerprint density at radius 3 is 2.42 bits per heavy atom. The van der Waals surface area contributed by atoms with Gasteiger partial charge in [0.2, 0.25) is 11.8 Å². The summed E-state index contributed by atoms with van der Waals surface area (Å²) in [5, 5.41) is 3.64. The highest BCUT2D eigenvalue weighted by atomic mass is 35.5. The molecule has 168 valence electrons. The van der Waals surface area contributed by atoms with Crippen molar-refractivity contribution in [1.29, 1.82) is 0 Å². The van der Waals surface area contributed by atoms with Gasteiger partial charge in [-0.2, -0.15) is 0 Å². The lowest BCUT2D eigenvalue weighted by atomic mass is 10.1. The molecule has 1 N–H and O–H groups in total. The Morgan fingerprint density at radius 1 is 1.10 bits per heavy atom. The maximum absolute atomic E-state index is 13.1. The summed E-state index contributed by atoms with van der Waals surface area (Å²) in [6.07, 6.45) is 1.71. The van der Waals surface area contributed by atoms with Crippen LogP contribution in [0.25, 0.3) is 0 Å². The lowest BCUT2D eigenvalue weighted by Crippen LogP contribution is -2.49. The van der Waals surface area contributed by atoms with E-state index in [4.69, 9.17) is 16.3 Å². The maximum atomic E-state index is 13.1. The van der Waals surface area contributed by atoms with Crippen molar-refractivity contribution in [2.24, 2.45) is 0 Å². The van der Waals surface area contributed by atoms with E-state index in [0.29, 0.717) is 31.0 Å². The zero-order valence-electron chi connectivity index (χ0n) is 18.9. The number of ether oxygens (including phenoxy) is 1. The first-order valence-corrected chi connectivity index (χ1v) is 11.2. The Morgan fingerprint density at radius 2 is 1.77 bits per heavy atom. The van der Waals surface area contributed by atoms with E-state index in [1.165, 1.54) is 0 Å². The monoisotopic (exact) mass is 444 g/mol. The summed E-state index contributed by atoms with van der Waals surface area (Å²) < 4.78 is 5.69. The number of nitrogens with zero attached hydrogens (tertiary/aromatic N) is 1. The molecule has 5 nitrogen and oxygen atoms in total. The van der Waals surface area contributed by atoms with Crippen LogP contribution < -0.4 is 10.1 Å². The van der Waals surface area contributed by atoms with E-state index in [9.17, 15) is 9.59 Å². The first-order valence-electron chi connectivity index (χ1n) is 10.8. The smallest absolute Gasteiger partial charge is 0.242 e. The second-order valence-electron chi connectivity index (χ2n) is 7.85. The van der Waals surface area contributed by atoms with Gasteiger partial charge < -0.3 is 15.0 Å². The summed E-state index contributed by atoms with van der Waals surface area (Å²) in [7, 11) is 0. The average molecular weight is 445 g/mol. The lowest BCUT2D eigenvalue weighted by Gasteiger charge is -2.30. The predicted octanol–water partition coefficient (Wildman–Crippen LogP) is 5.14. The van der Waals surface area contributed by atoms with Gasteiger partial charge in [-0.05, 0) is 69.0 Å². The van der Waals surface area contributed by atoms with E-state index in [2.05, 4.69) is 5.32 Å². The van der Waals surface area contributed by atoms with Crippen LogP contribution in [0.5, 0.6) is 5.75 Å². The largest absolute Gasteiger partial charge is 0.494 e. The van der Waals surface area contributed by atoms with Crippen molar-refractivity contribution in [2.75, 3.05) is 6.61 Å². The minimum atomic E-state index is -0.557. The highest BCUT2D eigenvalue weighted by Gasteiger charge is 2.26. The van der Waals surface area contributed by atoms with E-state index in [1.807, 2.05) is 45.0 Å². The van der Waals surface area contributed by atoms with Crippen molar-refractivity contribution < 1.29 is 14.3 Å². The van der Waals surface area contributed by atoms with Gasteiger partial charge in [-0.1, -0.05) is 42.8 Å². The van der Waals surface area contributed by atoms with E-state index >= 15 is 0 Å². The van der Waals surface area contributed by atoms with Crippen LogP contribution in [0, 0.1) is 6.92 Å². The van der Waals surface area contributed by atoms with E-state index in [0.717, 1.165) is 23.3 Å². The van der Waals surface area contributed by atoms with E-state index in [1.54, 1.807) is 36.1 Å². The van der Waals surface area contributed by atoms with Crippen molar-refractivity contribution in [3.63, 3.8) is 0 Å². The SMILES string of the molecule is CC[C@H](C)NC(=O)[C@@H](C)N(Cc1ccccc1C)C(=O)CCCOc1ccc(Cl)cc1. The minimum Gasteiger partial charge on any atom is -0.494 e. The van der Waals surface area contributed by atoms with Gasteiger partial charge in [-0.15, -0.1) is 0 Å². The molecule has 2 atom stereocenters. The van der Waals surface area contributed by atoms with Crippen molar-refractivity contribution in [3.05, 3.63) is 64.7 Å². The van der Waals surface area contributed by atoms with Gasteiger partial charge in [0.15, 0.2) is 0 Å². The minimum absolute atomic E-state index is 0.0604. The zero-order valence-corrected chi connectivity index (χ0v) is 19.6. The number of aryl methyl sites for hydroxylation is 1. The summed E-state index contributed by atoms with van der Waals surface area (Å²) in [4.78, 5) is 27.5.